The predicted octanol–water partition coefficient (Wildman–Crippen LogP) is 1.55. The van der Waals surface area contributed by atoms with Gasteiger partial charge in [0.25, 0.3) is 0 Å². The average molecular weight is 395 g/mol. The van der Waals surface area contributed by atoms with E-state index in [9.17, 15) is 9.59 Å². The lowest BCUT2D eigenvalue weighted by molar-refractivity contribution is -0.135. The Hall–Kier alpha value is -0.990. The van der Waals surface area contributed by atoms with Crippen molar-refractivity contribution in [3.05, 3.63) is 27.1 Å². The number of halogens is 2. The first-order valence-corrected chi connectivity index (χ1v) is 6.72. The first kappa shape index (κ1) is 15.1. The number of nitrogens with one attached hydrogen (secondary N) is 2. The first-order chi connectivity index (χ1) is 8.40. The molecule has 96 valence electrons. The van der Waals surface area contributed by atoms with Crippen molar-refractivity contribution in [2.45, 2.75) is 0 Å². The molecule has 0 radical (unpaired) electrons. The SMILES string of the molecule is NC(=S)CNC(=O)C(=O)Nc1cc(Br)ccc1Br. The highest BCUT2D eigenvalue weighted by atomic mass is 79.9. The van der Waals surface area contributed by atoms with Gasteiger partial charge in [-0.1, -0.05) is 28.1 Å². The molecule has 0 saturated carbocycles. The molecule has 0 unspecified atom stereocenters. The van der Waals surface area contributed by atoms with Gasteiger partial charge in [-0.3, -0.25) is 9.59 Å². The smallest absolute Gasteiger partial charge is 0.313 e. The van der Waals surface area contributed by atoms with Gasteiger partial charge in [0.05, 0.1) is 17.2 Å². The molecule has 18 heavy (non-hydrogen) atoms. The van der Waals surface area contributed by atoms with Crippen LogP contribution in [0.15, 0.2) is 27.1 Å². The Morgan fingerprint density at radius 1 is 1.28 bits per heavy atom. The molecule has 0 aliphatic heterocycles. The van der Waals surface area contributed by atoms with Crippen LogP contribution in [-0.4, -0.2) is 23.3 Å². The summed E-state index contributed by atoms with van der Waals surface area (Å²) >= 11 is 11.1. The maximum Gasteiger partial charge on any atom is 0.313 e. The van der Waals surface area contributed by atoms with Gasteiger partial charge >= 0.3 is 11.8 Å². The minimum Gasteiger partial charge on any atom is -0.392 e. The van der Waals surface area contributed by atoms with Crippen molar-refractivity contribution in [1.29, 1.82) is 0 Å². The van der Waals surface area contributed by atoms with Gasteiger partial charge in [-0.05, 0) is 34.1 Å². The second-order valence-corrected chi connectivity index (χ2v) is 5.52. The second kappa shape index (κ2) is 6.81. The monoisotopic (exact) mass is 393 g/mol. The Labute approximate surface area is 126 Å². The standard InChI is InChI=1S/C10H9Br2N3O2S/c11-5-1-2-6(12)7(3-5)15-10(17)9(16)14-4-8(13)18/h1-3H,4H2,(H2,13,18)(H,14,16)(H,15,17). The van der Waals surface area contributed by atoms with Crippen molar-refractivity contribution in [3.8, 4) is 0 Å². The summed E-state index contributed by atoms with van der Waals surface area (Å²) < 4.78 is 1.45. The molecule has 1 aromatic rings. The zero-order chi connectivity index (χ0) is 13.7. The molecule has 0 fully saturated rings. The lowest BCUT2D eigenvalue weighted by Gasteiger charge is -2.08. The minimum absolute atomic E-state index is 0.0127. The van der Waals surface area contributed by atoms with E-state index in [1.807, 2.05) is 0 Å². The van der Waals surface area contributed by atoms with Gasteiger partial charge in [0.15, 0.2) is 0 Å². The minimum atomic E-state index is -0.797. The van der Waals surface area contributed by atoms with E-state index in [-0.39, 0.29) is 11.5 Å². The van der Waals surface area contributed by atoms with Gasteiger partial charge in [0.2, 0.25) is 0 Å². The van der Waals surface area contributed by atoms with Crippen molar-refractivity contribution >= 4 is 66.6 Å². The van der Waals surface area contributed by atoms with Crippen molar-refractivity contribution in [2.24, 2.45) is 5.73 Å². The molecule has 8 heteroatoms. The van der Waals surface area contributed by atoms with Crippen LogP contribution in [0.2, 0.25) is 0 Å². The van der Waals surface area contributed by atoms with Crippen molar-refractivity contribution < 1.29 is 9.59 Å². The van der Waals surface area contributed by atoms with Gasteiger partial charge in [-0.25, -0.2) is 0 Å². The topological polar surface area (TPSA) is 84.2 Å². The number of carbonyl (C=O) groups excluding carboxylic acids is 2. The second-order valence-electron chi connectivity index (χ2n) is 3.23. The fourth-order valence-corrected chi connectivity index (χ4v) is 1.80. The third kappa shape index (κ3) is 4.71. The molecule has 1 rings (SSSR count). The average Bonchev–Trinajstić information content (AvgIpc) is 2.30. The van der Waals surface area contributed by atoms with Gasteiger partial charge in [0.1, 0.15) is 0 Å². The third-order valence-corrected chi connectivity index (χ3v) is 3.14. The molecule has 5 nitrogen and oxygen atoms in total. The molecule has 0 bridgehead atoms. The Morgan fingerprint density at radius 2 is 1.94 bits per heavy atom. The molecule has 4 N–H and O–H groups in total. The summed E-state index contributed by atoms with van der Waals surface area (Å²) in [6.45, 7) is -0.0127. The van der Waals surface area contributed by atoms with Gasteiger partial charge in [-0.15, -0.1) is 0 Å². The summed E-state index contributed by atoms with van der Waals surface area (Å²) in [6, 6.07) is 5.21. The van der Waals surface area contributed by atoms with Gasteiger partial charge < -0.3 is 16.4 Å². The molecule has 1 aromatic carbocycles. The van der Waals surface area contributed by atoms with Gasteiger partial charge in [0, 0.05) is 8.95 Å². The normalized spacial score (nSPS) is 9.67. The number of nitrogens with two attached hydrogens (primary N) is 1. The van der Waals surface area contributed by atoms with E-state index in [1.165, 1.54) is 0 Å². The molecule has 0 spiro atoms. The largest absolute Gasteiger partial charge is 0.392 e. The van der Waals surface area contributed by atoms with Crippen LogP contribution < -0.4 is 16.4 Å². The highest BCUT2D eigenvalue weighted by Gasteiger charge is 2.14. The van der Waals surface area contributed by atoms with Crippen LogP contribution in [-0.2, 0) is 9.59 Å². The van der Waals surface area contributed by atoms with Crippen LogP contribution in [0.5, 0.6) is 0 Å². The Balaban J connectivity index is 2.66. The van der Waals surface area contributed by atoms with Crippen molar-refractivity contribution in [2.75, 3.05) is 11.9 Å². The van der Waals surface area contributed by atoms with Crippen LogP contribution in [0.1, 0.15) is 0 Å². The van der Waals surface area contributed by atoms with E-state index in [1.54, 1.807) is 18.2 Å². The van der Waals surface area contributed by atoms with Crippen LogP contribution in [0.3, 0.4) is 0 Å². The molecule has 0 aromatic heterocycles. The lowest BCUT2D eigenvalue weighted by atomic mass is 10.3. The molecule has 0 aliphatic rings. The fourth-order valence-electron chi connectivity index (χ4n) is 1.02. The van der Waals surface area contributed by atoms with E-state index in [0.717, 1.165) is 4.47 Å². The number of rotatable bonds is 3. The highest BCUT2D eigenvalue weighted by Crippen LogP contribution is 2.25. The zero-order valence-corrected chi connectivity index (χ0v) is 13.0. The number of hydrogen-bond donors (Lipinski definition) is 3. The molecule has 0 atom stereocenters. The summed E-state index contributed by atoms with van der Waals surface area (Å²) in [5, 5.41) is 4.75. The van der Waals surface area contributed by atoms with E-state index in [4.69, 9.17) is 5.73 Å². The Morgan fingerprint density at radius 3 is 2.56 bits per heavy atom. The summed E-state index contributed by atoms with van der Waals surface area (Å²) in [5.74, 6) is -1.58. The molecular weight excluding hydrogens is 386 g/mol. The summed E-state index contributed by atoms with van der Waals surface area (Å²) in [7, 11) is 0. The Kier molecular flexibility index (Phi) is 5.70. The summed E-state index contributed by atoms with van der Waals surface area (Å²) in [4.78, 5) is 23.0. The van der Waals surface area contributed by atoms with Crippen LogP contribution >= 0.6 is 44.1 Å². The van der Waals surface area contributed by atoms with Gasteiger partial charge in [-0.2, -0.15) is 0 Å². The van der Waals surface area contributed by atoms with Crippen molar-refractivity contribution in [3.63, 3.8) is 0 Å². The maximum atomic E-state index is 11.5. The maximum absolute atomic E-state index is 11.5. The lowest BCUT2D eigenvalue weighted by Crippen LogP contribution is -2.39. The molecular formula is C10H9Br2N3O2S. The van der Waals surface area contributed by atoms with E-state index >= 15 is 0 Å². The molecule has 2 amide bonds. The number of carbonyl (C=O) groups is 2. The summed E-state index contributed by atoms with van der Waals surface area (Å²) in [5.41, 5.74) is 5.69. The summed E-state index contributed by atoms with van der Waals surface area (Å²) in [6.07, 6.45) is 0. The number of amides is 2. The Bertz CT molecular complexity index is 508. The number of hydrogen-bond acceptors (Lipinski definition) is 3. The highest BCUT2D eigenvalue weighted by molar-refractivity contribution is 9.11. The zero-order valence-electron chi connectivity index (χ0n) is 9.00. The van der Waals surface area contributed by atoms with E-state index in [2.05, 4.69) is 54.7 Å². The van der Waals surface area contributed by atoms with E-state index in [0.29, 0.717) is 10.2 Å². The molecule has 0 aliphatic carbocycles. The van der Waals surface area contributed by atoms with E-state index < -0.39 is 11.8 Å². The fraction of sp³-hybridized carbons (Fsp3) is 0.100. The molecule has 0 heterocycles. The predicted molar refractivity (Wildman–Crippen MR) is 80.3 cm³/mol. The van der Waals surface area contributed by atoms with Crippen molar-refractivity contribution in [1.82, 2.24) is 5.32 Å². The number of thiocarbonyl (C=S) groups is 1. The first-order valence-electron chi connectivity index (χ1n) is 4.72. The van der Waals surface area contributed by atoms with Crippen LogP contribution in [0.4, 0.5) is 5.69 Å². The quantitative estimate of drug-likeness (QED) is 0.536. The van der Waals surface area contributed by atoms with Crippen LogP contribution in [0, 0.1) is 0 Å². The molecule has 0 saturated heterocycles. The third-order valence-electron chi connectivity index (χ3n) is 1.81. The van der Waals surface area contributed by atoms with Crippen LogP contribution in [0.25, 0.3) is 0 Å². The number of benzene rings is 1. The number of anilines is 1.